The van der Waals surface area contributed by atoms with Crippen LogP contribution < -0.4 is 0 Å². The number of benzene rings is 1. The topological polar surface area (TPSA) is 58.7 Å². The number of likely N-dealkylation sites (tertiary alicyclic amines) is 1. The second kappa shape index (κ2) is 7.98. The van der Waals surface area contributed by atoms with E-state index < -0.39 is 0 Å². The van der Waals surface area contributed by atoms with Gasteiger partial charge in [0.1, 0.15) is 17.8 Å². The molecule has 5 rings (SSSR count). The van der Waals surface area contributed by atoms with Crippen LogP contribution in [0.4, 0.5) is 4.39 Å². The Morgan fingerprint density at radius 1 is 1.22 bits per heavy atom. The molecule has 1 fully saturated rings. The van der Waals surface area contributed by atoms with E-state index in [9.17, 15) is 9.18 Å². The summed E-state index contributed by atoms with van der Waals surface area (Å²) in [5.41, 5.74) is 2.59. The molecule has 164 valence electrons. The van der Waals surface area contributed by atoms with Gasteiger partial charge in [0.15, 0.2) is 5.71 Å². The molecule has 0 spiro atoms. The zero-order valence-electron chi connectivity index (χ0n) is 18.3. The second-order valence-corrected chi connectivity index (χ2v) is 8.94. The van der Waals surface area contributed by atoms with E-state index >= 15 is 0 Å². The number of aromatic nitrogens is 1. The first-order valence-corrected chi connectivity index (χ1v) is 11.0. The van der Waals surface area contributed by atoms with Gasteiger partial charge in [0.05, 0.1) is 19.7 Å². The molecule has 0 aliphatic carbocycles. The minimum Gasteiger partial charge on any atom is -0.443 e. The summed E-state index contributed by atoms with van der Waals surface area (Å²) < 4.78 is 19.6. The molecule has 0 bridgehead atoms. The Labute approximate surface area is 186 Å². The van der Waals surface area contributed by atoms with Crippen molar-refractivity contribution in [1.82, 2.24) is 9.88 Å². The highest BCUT2D eigenvalue weighted by molar-refractivity contribution is 6.56. The molecule has 2 aliphatic rings. The standard InChI is InChI=1S/C25H26FN4O2/c1-30(2)16-22(17-8-10-19(26)11-9-17)23(28-30)25(31)29-13-4-3-7-20(29)15-21-14-18-6-5-12-27-24(18)32-21/h5-6,8-12,14,16,20H,3-4,7,13,15H2,1-2H3/q+1. The lowest BCUT2D eigenvalue weighted by Gasteiger charge is -2.35. The quantitative estimate of drug-likeness (QED) is 0.574. The van der Waals surface area contributed by atoms with Gasteiger partial charge in [0, 0.05) is 30.6 Å². The normalized spacial score (nSPS) is 20.3. The van der Waals surface area contributed by atoms with Gasteiger partial charge in [-0.05, 0) is 55.2 Å². The lowest BCUT2D eigenvalue weighted by Crippen LogP contribution is -2.47. The molecule has 7 heteroatoms. The van der Waals surface area contributed by atoms with Gasteiger partial charge < -0.3 is 9.32 Å². The molecule has 1 saturated heterocycles. The number of carbonyl (C=O) groups is 1. The van der Waals surface area contributed by atoms with Gasteiger partial charge in [0.2, 0.25) is 5.71 Å². The molecule has 4 heterocycles. The minimum atomic E-state index is -0.303. The van der Waals surface area contributed by atoms with Crippen LogP contribution >= 0.6 is 0 Å². The van der Waals surface area contributed by atoms with Crippen LogP contribution in [0.25, 0.3) is 16.7 Å². The molecule has 0 N–H and O–H groups in total. The maximum Gasteiger partial charge on any atom is 0.279 e. The molecular formula is C25H26FN4O2+. The van der Waals surface area contributed by atoms with Crippen molar-refractivity contribution in [3.8, 4) is 0 Å². The maximum atomic E-state index is 13.7. The number of quaternary nitrogens is 1. The number of piperidine rings is 1. The van der Waals surface area contributed by atoms with Gasteiger partial charge in [0.25, 0.3) is 5.91 Å². The van der Waals surface area contributed by atoms with E-state index in [0.717, 1.165) is 41.5 Å². The van der Waals surface area contributed by atoms with Crippen LogP contribution in [0.5, 0.6) is 0 Å². The average Bonchev–Trinajstić information content (AvgIpc) is 3.33. The Hall–Kier alpha value is -3.32. The van der Waals surface area contributed by atoms with Gasteiger partial charge in [-0.3, -0.25) is 4.79 Å². The third kappa shape index (κ3) is 3.96. The van der Waals surface area contributed by atoms with E-state index in [-0.39, 0.29) is 22.4 Å². The van der Waals surface area contributed by atoms with Crippen LogP contribution in [0.15, 0.2) is 64.4 Å². The average molecular weight is 434 g/mol. The largest absolute Gasteiger partial charge is 0.443 e. The first-order valence-electron chi connectivity index (χ1n) is 11.0. The van der Waals surface area contributed by atoms with E-state index in [1.807, 2.05) is 43.4 Å². The lowest BCUT2D eigenvalue weighted by atomic mass is 9.95. The van der Waals surface area contributed by atoms with E-state index in [0.29, 0.717) is 24.4 Å². The highest BCUT2D eigenvalue weighted by Gasteiger charge is 2.38. The molecule has 2 aromatic heterocycles. The Kier molecular flexibility index (Phi) is 5.13. The van der Waals surface area contributed by atoms with E-state index in [4.69, 9.17) is 9.52 Å². The molecule has 1 amide bonds. The van der Waals surface area contributed by atoms with E-state index in [1.165, 1.54) is 12.1 Å². The summed E-state index contributed by atoms with van der Waals surface area (Å²) in [4.78, 5) is 20.0. The van der Waals surface area contributed by atoms with Crippen LogP contribution in [-0.4, -0.2) is 52.8 Å². The first kappa shape index (κ1) is 20.6. The molecule has 1 atom stereocenters. The summed E-state index contributed by atoms with van der Waals surface area (Å²) >= 11 is 0. The smallest absolute Gasteiger partial charge is 0.279 e. The molecule has 32 heavy (non-hydrogen) atoms. The summed E-state index contributed by atoms with van der Waals surface area (Å²) in [5, 5.41) is 5.66. The predicted molar refractivity (Wildman–Crippen MR) is 121 cm³/mol. The number of nitrogens with zero attached hydrogens (tertiary/aromatic N) is 4. The summed E-state index contributed by atoms with van der Waals surface area (Å²) in [6, 6.07) is 12.1. The summed E-state index contributed by atoms with van der Waals surface area (Å²) in [5.74, 6) is 0.452. The number of furan rings is 1. The third-order valence-electron chi connectivity index (χ3n) is 6.09. The van der Waals surface area contributed by atoms with Crippen molar-refractivity contribution in [3.05, 3.63) is 72.0 Å². The number of carbonyl (C=O) groups excluding carboxylic acids is 1. The molecule has 2 aliphatic heterocycles. The van der Waals surface area contributed by atoms with Crippen LogP contribution in [0.1, 0.15) is 30.6 Å². The van der Waals surface area contributed by atoms with Crippen LogP contribution in [-0.2, 0) is 11.2 Å². The van der Waals surface area contributed by atoms with Gasteiger partial charge in [-0.1, -0.05) is 17.2 Å². The molecule has 0 radical (unpaired) electrons. The van der Waals surface area contributed by atoms with Crippen LogP contribution in [0.3, 0.4) is 0 Å². The number of amides is 1. The number of pyridine rings is 1. The maximum absolute atomic E-state index is 13.7. The van der Waals surface area contributed by atoms with E-state index in [2.05, 4.69) is 4.98 Å². The van der Waals surface area contributed by atoms with Gasteiger partial charge in [-0.2, -0.15) is 4.59 Å². The Morgan fingerprint density at radius 3 is 2.81 bits per heavy atom. The fourth-order valence-corrected chi connectivity index (χ4v) is 4.59. The lowest BCUT2D eigenvalue weighted by molar-refractivity contribution is -0.842. The van der Waals surface area contributed by atoms with Crippen molar-refractivity contribution in [3.63, 3.8) is 0 Å². The van der Waals surface area contributed by atoms with Gasteiger partial charge in [-0.25, -0.2) is 9.37 Å². The van der Waals surface area contributed by atoms with Gasteiger partial charge in [-0.15, -0.1) is 0 Å². The Bertz CT molecular complexity index is 1190. The van der Waals surface area contributed by atoms with Crippen molar-refractivity contribution in [2.45, 2.75) is 31.7 Å². The van der Waals surface area contributed by atoms with Crippen molar-refractivity contribution >= 4 is 28.3 Å². The number of rotatable bonds is 4. The Morgan fingerprint density at radius 2 is 2.03 bits per heavy atom. The second-order valence-electron chi connectivity index (χ2n) is 8.94. The van der Waals surface area contributed by atoms with Crippen molar-refractivity contribution in [1.29, 1.82) is 0 Å². The van der Waals surface area contributed by atoms with Crippen LogP contribution in [0.2, 0.25) is 0 Å². The minimum absolute atomic E-state index is 0.0326. The van der Waals surface area contributed by atoms with E-state index in [1.54, 1.807) is 18.3 Å². The summed E-state index contributed by atoms with van der Waals surface area (Å²) in [6.45, 7) is 0.686. The molecule has 0 saturated carbocycles. The van der Waals surface area contributed by atoms with Crippen molar-refractivity contribution < 1.29 is 18.2 Å². The number of halogens is 1. The predicted octanol–water partition coefficient (Wildman–Crippen LogP) is 4.38. The molecule has 1 aromatic carbocycles. The third-order valence-corrected chi connectivity index (χ3v) is 6.09. The highest BCUT2D eigenvalue weighted by Crippen LogP contribution is 2.30. The van der Waals surface area contributed by atoms with Crippen molar-refractivity contribution in [2.75, 3.05) is 20.6 Å². The number of fused-ring (bicyclic) bond motifs is 1. The zero-order chi connectivity index (χ0) is 22.3. The Balaban J connectivity index is 1.43. The highest BCUT2D eigenvalue weighted by atomic mass is 19.1. The monoisotopic (exact) mass is 433 g/mol. The van der Waals surface area contributed by atoms with Crippen LogP contribution in [0, 0.1) is 5.82 Å². The van der Waals surface area contributed by atoms with Crippen molar-refractivity contribution in [2.24, 2.45) is 5.10 Å². The fourth-order valence-electron chi connectivity index (χ4n) is 4.59. The van der Waals surface area contributed by atoms with Gasteiger partial charge >= 0.3 is 0 Å². The summed E-state index contributed by atoms with van der Waals surface area (Å²) in [7, 11) is 3.83. The molecular weight excluding hydrogens is 407 g/mol. The molecule has 3 aromatic rings. The zero-order valence-corrected chi connectivity index (χ0v) is 18.3. The molecule has 1 unspecified atom stereocenters. The summed E-state index contributed by atoms with van der Waals surface area (Å²) in [6.07, 6.45) is 7.24. The first-order chi connectivity index (χ1) is 15.4. The molecule has 6 nitrogen and oxygen atoms in total. The number of hydrogen-bond acceptors (Lipinski definition) is 4. The number of hydrogen-bond donors (Lipinski definition) is 0. The fraction of sp³-hybridized carbons (Fsp3) is 0.320. The SMILES string of the molecule is C[N+]1(C)C=C(c2ccc(F)cc2)C(C(=O)N2CCCCC2Cc2cc3cccnc3o2)=N1.